The topological polar surface area (TPSA) is 75.1 Å². The zero-order valence-corrected chi connectivity index (χ0v) is 9.78. The fraction of sp³-hybridized carbons (Fsp3) is 0.182. The van der Waals surface area contributed by atoms with E-state index in [1.807, 2.05) is 30.3 Å². The van der Waals surface area contributed by atoms with Crippen LogP contribution in [-0.2, 0) is 17.8 Å². The molecule has 0 radical (unpaired) electrons. The minimum atomic E-state index is -0.160. The number of carbonyl (C=O) groups excluding carboxylic acids is 1. The molecule has 1 aromatic carbocycles. The quantitative estimate of drug-likeness (QED) is 0.854. The van der Waals surface area contributed by atoms with E-state index in [9.17, 15) is 4.79 Å². The summed E-state index contributed by atoms with van der Waals surface area (Å²) in [7, 11) is 0. The van der Waals surface area contributed by atoms with Crippen LogP contribution in [0.3, 0.4) is 0 Å². The third-order valence-electron chi connectivity index (χ3n) is 2.06. The van der Waals surface area contributed by atoms with Gasteiger partial charge in [0.05, 0.1) is 13.0 Å². The Morgan fingerprint density at radius 2 is 2.06 bits per heavy atom. The first-order valence-electron chi connectivity index (χ1n) is 5.05. The minimum Gasteiger partial charge on any atom is -0.389 e. The first kappa shape index (κ1) is 11.7. The lowest BCUT2D eigenvalue weighted by atomic mass is 10.1. The van der Waals surface area contributed by atoms with Crippen molar-refractivity contribution in [3.05, 3.63) is 40.9 Å². The van der Waals surface area contributed by atoms with Gasteiger partial charge >= 0.3 is 0 Å². The molecule has 0 aliphatic rings. The predicted molar refractivity (Wildman–Crippen MR) is 64.6 cm³/mol. The minimum absolute atomic E-state index is 0.142. The molecule has 1 heterocycles. The molecule has 0 aliphatic carbocycles. The molecule has 88 valence electrons. The number of benzene rings is 1. The maximum atomic E-state index is 11.6. The van der Waals surface area contributed by atoms with Gasteiger partial charge in [0.1, 0.15) is 5.01 Å². The zero-order valence-electron chi connectivity index (χ0n) is 8.96. The van der Waals surface area contributed by atoms with Crippen molar-refractivity contribution >= 4 is 22.4 Å². The third kappa shape index (κ3) is 3.33. The summed E-state index contributed by atoms with van der Waals surface area (Å²) in [5.41, 5.74) is 0.942. The molecule has 0 aliphatic heterocycles. The van der Waals surface area contributed by atoms with Crippen molar-refractivity contribution in [2.45, 2.75) is 13.0 Å². The van der Waals surface area contributed by atoms with E-state index < -0.39 is 0 Å². The Labute approximate surface area is 102 Å². The summed E-state index contributed by atoms with van der Waals surface area (Å²) in [5, 5.41) is 19.8. The summed E-state index contributed by atoms with van der Waals surface area (Å²) >= 11 is 1.17. The standard InChI is InChI=1S/C11H11N3O2S/c15-7-10-13-14-11(17-10)12-9(16)6-8-4-2-1-3-5-8/h1-5,15H,6-7H2,(H,12,14,16). The van der Waals surface area contributed by atoms with Crippen LogP contribution in [0.2, 0.25) is 0 Å². The molecule has 0 saturated heterocycles. The van der Waals surface area contributed by atoms with Gasteiger partial charge in [0.15, 0.2) is 0 Å². The number of aliphatic hydroxyl groups excluding tert-OH is 1. The number of amides is 1. The number of carbonyl (C=O) groups is 1. The Morgan fingerprint density at radius 1 is 1.29 bits per heavy atom. The summed E-state index contributed by atoms with van der Waals surface area (Å²) in [4.78, 5) is 11.6. The monoisotopic (exact) mass is 249 g/mol. The van der Waals surface area contributed by atoms with Crippen LogP contribution < -0.4 is 5.32 Å². The van der Waals surface area contributed by atoms with Gasteiger partial charge in [0.25, 0.3) is 0 Å². The number of hydrogen-bond donors (Lipinski definition) is 2. The van der Waals surface area contributed by atoms with Crippen molar-refractivity contribution < 1.29 is 9.90 Å². The van der Waals surface area contributed by atoms with Crippen LogP contribution >= 0.6 is 11.3 Å². The molecule has 1 aromatic heterocycles. The molecule has 2 rings (SSSR count). The van der Waals surface area contributed by atoms with Crippen LogP contribution in [0.25, 0.3) is 0 Å². The number of aliphatic hydroxyl groups is 1. The van der Waals surface area contributed by atoms with Crippen LogP contribution in [0.1, 0.15) is 10.6 Å². The zero-order chi connectivity index (χ0) is 12.1. The predicted octanol–water partition coefficient (Wildman–Crippen LogP) is 1.21. The Balaban J connectivity index is 1.93. The highest BCUT2D eigenvalue weighted by Crippen LogP contribution is 2.15. The Hall–Kier alpha value is -1.79. The van der Waals surface area contributed by atoms with E-state index in [2.05, 4.69) is 15.5 Å². The van der Waals surface area contributed by atoms with E-state index in [1.54, 1.807) is 0 Å². The summed E-state index contributed by atoms with van der Waals surface area (Å²) in [5.74, 6) is -0.142. The molecule has 1 amide bonds. The van der Waals surface area contributed by atoms with Crippen LogP contribution in [0.15, 0.2) is 30.3 Å². The maximum absolute atomic E-state index is 11.6. The fourth-order valence-electron chi connectivity index (χ4n) is 1.31. The molecule has 0 bridgehead atoms. The van der Waals surface area contributed by atoms with Crippen molar-refractivity contribution in [2.75, 3.05) is 5.32 Å². The molecule has 2 N–H and O–H groups in total. The number of aromatic nitrogens is 2. The molecule has 0 fully saturated rings. The highest BCUT2D eigenvalue weighted by molar-refractivity contribution is 7.15. The smallest absolute Gasteiger partial charge is 0.230 e. The van der Waals surface area contributed by atoms with Crippen LogP contribution in [0.5, 0.6) is 0 Å². The molecular weight excluding hydrogens is 238 g/mol. The second-order valence-corrected chi connectivity index (χ2v) is 4.43. The number of anilines is 1. The lowest BCUT2D eigenvalue weighted by Crippen LogP contribution is -2.14. The van der Waals surface area contributed by atoms with Gasteiger partial charge in [-0.3, -0.25) is 4.79 Å². The van der Waals surface area contributed by atoms with E-state index in [-0.39, 0.29) is 12.5 Å². The molecule has 0 atom stereocenters. The van der Waals surface area contributed by atoms with E-state index >= 15 is 0 Å². The number of hydrogen-bond acceptors (Lipinski definition) is 5. The van der Waals surface area contributed by atoms with Gasteiger partial charge in [-0.15, -0.1) is 10.2 Å². The second kappa shape index (κ2) is 5.51. The Morgan fingerprint density at radius 3 is 2.71 bits per heavy atom. The van der Waals surface area contributed by atoms with Crippen molar-refractivity contribution in [1.82, 2.24) is 10.2 Å². The highest BCUT2D eigenvalue weighted by atomic mass is 32.1. The van der Waals surface area contributed by atoms with Gasteiger partial charge in [-0.1, -0.05) is 41.7 Å². The van der Waals surface area contributed by atoms with E-state index in [4.69, 9.17) is 5.11 Å². The van der Waals surface area contributed by atoms with Crippen LogP contribution in [0.4, 0.5) is 5.13 Å². The summed E-state index contributed by atoms with van der Waals surface area (Å²) in [6, 6.07) is 9.45. The van der Waals surface area contributed by atoms with Gasteiger partial charge in [0, 0.05) is 0 Å². The number of nitrogens with zero attached hydrogens (tertiary/aromatic N) is 2. The van der Waals surface area contributed by atoms with Crippen molar-refractivity contribution in [1.29, 1.82) is 0 Å². The lowest BCUT2D eigenvalue weighted by Gasteiger charge is -2.00. The van der Waals surface area contributed by atoms with E-state index in [0.29, 0.717) is 16.6 Å². The largest absolute Gasteiger partial charge is 0.389 e. The first-order chi connectivity index (χ1) is 8.28. The normalized spacial score (nSPS) is 10.2. The van der Waals surface area contributed by atoms with E-state index in [0.717, 1.165) is 5.56 Å². The lowest BCUT2D eigenvalue weighted by molar-refractivity contribution is -0.115. The maximum Gasteiger partial charge on any atom is 0.230 e. The fourth-order valence-corrected chi connectivity index (χ4v) is 1.93. The second-order valence-electron chi connectivity index (χ2n) is 3.37. The third-order valence-corrected chi connectivity index (χ3v) is 2.88. The van der Waals surface area contributed by atoms with Crippen molar-refractivity contribution in [3.8, 4) is 0 Å². The Kier molecular flexibility index (Phi) is 3.79. The number of rotatable bonds is 4. The van der Waals surface area contributed by atoms with E-state index in [1.165, 1.54) is 11.3 Å². The van der Waals surface area contributed by atoms with Gasteiger partial charge in [-0.2, -0.15) is 0 Å². The van der Waals surface area contributed by atoms with Gasteiger partial charge < -0.3 is 10.4 Å². The van der Waals surface area contributed by atoms with Crippen LogP contribution in [0, 0.1) is 0 Å². The number of nitrogens with one attached hydrogen (secondary N) is 1. The summed E-state index contributed by atoms with van der Waals surface area (Å²) in [6.07, 6.45) is 0.300. The first-order valence-corrected chi connectivity index (χ1v) is 5.86. The summed E-state index contributed by atoms with van der Waals surface area (Å²) in [6.45, 7) is -0.160. The molecule has 0 spiro atoms. The van der Waals surface area contributed by atoms with Crippen molar-refractivity contribution in [3.63, 3.8) is 0 Å². The van der Waals surface area contributed by atoms with Gasteiger partial charge in [0.2, 0.25) is 11.0 Å². The molecule has 2 aromatic rings. The molecular formula is C11H11N3O2S. The van der Waals surface area contributed by atoms with Crippen LogP contribution in [-0.4, -0.2) is 21.2 Å². The molecule has 6 heteroatoms. The van der Waals surface area contributed by atoms with Gasteiger partial charge in [-0.05, 0) is 5.56 Å². The van der Waals surface area contributed by atoms with Gasteiger partial charge in [-0.25, -0.2) is 0 Å². The molecule has 17 heavy (non-hydrogen) atoms. The molecule has 5 nitrogen and oxygen atoms in total. The Bertz CT molecular complexity index is 498. The summed E-state index contributed by atoms with van der Waals surface area (Å²) < 4.78 is 0. The average molecular weight is 249 g/mol. The van der Waals surface area contributed by atoms with Crippen molar-refractivity contribution in [2.24, 2.45) is 0 Å². The molecule has 0 unspecified atom stereocenters. The highest BCUT2D eigenvalue weighted by Gasteiger charge is 2.07. The molecule has 0 saturated carbocycles. The SMILES string of the molecule is O=C(Cc1ccccc1)Nc1nnc(CO)s1. The average Bonchev–Trinajstić information content (AvgIpc) is 2.78.